The van der Waals surface area contributed by atoms with E-state index >= 15 is 0 Å². The third-order valence-electron chi connectivity index (χ3n) is 6.58. The van der Waals surface area contributed by atoms with E-state index in [4.69, 9.17) is 4.98 Å². The molecule has 5 rings (SSSR count). The van der Waals surface area contributed by atoms with Gasteiger partial charge in [0.15, 0.2) is 5.13 Å². The number of piperidine rings is 1. The number of hydrogen-bond acceptors (Lipinski definition) is 6. The van der Waals surface area contributed by atoms with Crippen molar-refractivity contribution in [2.45, 2.75) is 37.6 Å². The summed E-state index contributed by atoms with van der Waals surface area (Å²) in [6.45, 7) is 2.70. The van der Waals surface area contributed by atoms with Gasteiger partial charge in [0.25, 0.3) is 0 Å². The van der Waals surface area contributed by atoms with Gasteiger partial charge in [0.05, 0.1) is 33.3 Å². The molecular formula is C27H27FN4O3S2. The Labute approximate surface area is 219 Å². The minimum Gasteiger partial charge on any atom is -0.282 e. The van der Waals surface area contributed by atoms with Crippen LogP contribution in [0.4, 0.5) is 9.52 Å². The van der Waals surface area contributed by atoms with Gasteiger partial charge in [0.1, 0.15) is 5.82 Å². The summed E-state index contributed by atoms with van der Waals surface area (Å²) in [4.78, 5) is 24.8. The molecule has 1 fully saturated rings. The van der Waals surface area contributed by atoms with Crippen LogP contribution in [0.2, 0.25) is 0 Å². The normalized spacial score (nSPS) is 16.6. The lowest BCUT2D eigenvalue weighted by Gasteiger charge is -2.33. The van der Waals surface area contributed by atoms with Gasteiger partial charge in [-0.15, -0.1) is 0 Å². The van der Waals surface area contributed by atoms with E-state index in [0.29, 0.717) is 24.5 Å². The van der Waals surface area contributed by atoms with Crippen molar-refractivity contribution in [2.75, 3.05) is 18.0 Å². The number of amides is 1. The second-order valence-electron chi connectivity index (χ2n) is 9.05. The summed E-state index contributed by atoms with van der Waals surface area (Å²) < 4.78 is 42.2. The average molecular weight is 539 g/mol. The van der Waals surface area contributed by atoms with E-state index in [-0.39, 0.29) is 23.9 Å². The number of pyridine rings is 1. The van der Waals surface area contributed by atoms with E-state index in [0.717, 1.165) is 34.5 Å². The third kappa shape index (κ3) is 5.41. The number of benzene rings is 2. The Morgan fingerprint density at radius 1 is 1.16 bits per heavy atom. The number of nitrogens with zero attached hydrogens (tertiary/aromatic N) is 4. The summed E-state index contributed by atoms with van der Waals surface area (Å²) in [6.07, 6.45) is 3.70. The van der Waals surface area contributed by atoms with Crippen molar-refractivity contribution in [1.29, 1.82) is 0 Å². The first-order valence-corrected chi connectivity index (χ1v) is 14.5. The van der Waals surface area contributed by atoms with Crippen LogP contribution >= 0.6 is 11.3 Å². The van der Waals surface area contributed by atoms with Crippen molar-refractivity contribution >= 4 is 42.6 Å². The zero-order chi connectivity index (χ0) is 26.0. The van der Waals surface area contributed by atoms with Gasteiger partial charge in [-0.1, -0.05) is 30.4 Å². The summed E-state index contributed by atoms with van der Waals surface area (Å²) in [5.41, 5.74) is 2.73. The van der Waals surface area contributed by atoms with Crippen LogP contribution < -0.4 is 4.90 Å². The molecule has 4 aromatic rings. The molecule has 7 nitrogen and oxygen atoms in total. The molecule has 1 saturated heterocycles. The van der Waals surface area contributed by atoms with Crippen molar-refractivity contribution in [3.63, 3.8) is 0 Å². The minimum atomic E-state index is -3.85. The van der Waals surface area contributed by atoms with Gasteiger partial charge in [0.2, 0.25) is 15.9 Å². The number of carbonyl (C=O) groups excluding carboxylic acids is 1. The zero-order valence-electron chi connectivity index (χ0n) is 20.4. The largest absolute Gasteiger partial charge is 0.282 e. The molecule has 0 N–H and O–H groups in total. The number of aromatic nitrogens is 2. The number of carbonyl (C=O) groups is 1. The fourth-order valence-corrected chi connectivity index (χ4v) is 7.08. The summed E-state index contributed by atoms with van der Waals surface area (Å²) in [5.74, 6) is -1.22. The molecule has 0 radical (unpaired) electrons. The van der Waals surface area contributed by atoms with Gasteiger partial charge in [-0.05, 0) is 73.4 Å². The Kier molecular flexibility index (Phi) is 7.32. The van der Waals surface area contributed by atoms with Crippen LogP contribution in [0, 0.1) is 11.7 Å². The van der Waals surface area contributed by atoms with Crippen LogP contribution in [0.5, 0.6) is 0 Å². The molecular weight excluding hydrogens is 511 g/mol. The van der Waals surface area contributed by atoms with Gasteiger partial charge < -0.3 is 0 Å². The Morgan fingerprint density at radius 3 is 2.70 bits per heavy atom. The molecule has 1 atom stereocenters. The van der Waals surface area contributed by atoms with Crippen molar-refractivity contribution in [3.05, 3.63) is 83.9 Å². The smallest absolute Gasteiger partial charge is 0.243 e. The molecule has 2 aromatic heterocycles. The molecule has 192 valence electrons. The quantitative estimate of drug-likeness (QED) is 0.330. The Balaban J connectivity index is 1.45. The van der Waals surface area contributed by atoms with E-state index in [1.54, 1.807) is 11.1 Å². The Hall–Kier alpha value is -3.21. The lowest BCUT2D eigenvalue weighted by Crippen LogP contribution is -2.46. The molecule has 0 aliphatic carbocycles. The maximum absolute atomic E-state index is 14.0. The van der Waals surface area contributed by atoms with Crippen LogP contribution in [-0.2, 0) is 27.8 Å². The Morgan fingerprint density at radius 2 is 1.97 bits per heavy atom. The fourth-order valence-electron chi connectivity index (χ4n) is 4.52. The van der Waals surface area contributed by atoms with Crippen molar-refractivity contribution in [1.82, 2.24) is 14.3 Å². The molecule has 0 spiro atoms. The first kappa shape index (κ1) is 25.4. The zero-order valence-corrected chi connectivity index (χ0v) is 22.0. The highest BCUT2D eigenvalue weighted by Gasteiger charge is 2.36. The molecule has 3 heterocycles. The minimum absolute atomic E-state index is 0.0187. The highest BCUT2D eigenvalue weighted by Crippen LogP contribution is 2.33. The first-order valence-electron chi connectivity index (χ1n) is 12.2. The standard InChI is InChI=1S/C27H27FN4O3S2/c1-2-19-8-13-24-25(16-19)36-27(30-24)32(18-22-7-3-4-14-29-22)26(33)20-6-5-15-31(17-20)37(34,35)23-11-9-21(28)10-12-23/h3-4,7-14,16,20H,2,5-6,15,17-18H2,1H3. The van der Waals surface area contributed by atoms with E-state index in [1.807, 2.05) is 30.3 Å². The molecule has 1 aliphatic heterocycles. The number of rotatable bonds is 7. The van der Waals surface area contributed by atoms with Crippen LogP contribution in [0.25, 0.3) is 10.2 Å². The number of anilines is 1. The van der Waals surface area contributed by atoms with Gasteiger partial charge in [-0.2, -0.15) is 4.31 Å². The maximum atomic E-state index is 14.0. The number of aryl methyl sites for hydroxylation is 1. The SMILES string of the molecule is CCc1ccc2nc(N(Cc3ccccn3)C(=O)C3CCCN(S(=O)(=O)c4ccc(F)cc4)C3)sc2c1. The van der Waals surface area contributed by atoms with Crippen LogP contribution in [0.15, 0.2) is 71.8 Å². The second-order valence-corrected chi connectivity index (χ2v) is 12.0. The highest BCUT2D eigenvalue weighted by molar-refractivity contribution is 7.89. The van der Waals surface area contributed by atoms with Crippen molar-refractivity contribution < 1.29 is 17.6 Å². The first-order chi connectivity index (χ1) is 17.8. The number of hydrogen-bond donors (Lipinski definition) is 0. The monoisotopic (exact) mass is 538 g/mol. The lowest BCUT2D eigenvalue weighted by molar-refractivity contribution is -0.123. The average Bonchev–Trinajstić information content (AvgIpc) is 3.35. The maximum Gasteiger partial charge on any atom is 0.243 e. The predicted octanol–water partition coefficient (Wildman–Crippen LogP) is 5.03. The fraction of sp³-hybridized carbons (Fsp3) is 0.296. The van der Waals surface area contributed by atoms with Crippen LogP contribution in [-0.4, -0.2) is 41.7 Å². The molecule has 0 bridgehead atoms. The van der Waals surface area contributed by atoms with E-state index in [2.05, 4.69) is 18.0 Å². The van der Waals surface area contributed by atoms with Crippen molar-refractivity contribution in [3.8, 4) is 0 Å². The molecule has 1 aliphatic rings. The summed E-state index contributed by atoms with van der Waals surface area (Å²) >= 11 is 1.45. The van der Waals surface area contributed by atoms with E-state index in [9.17, 15) is 17.6 Å². The van der Waals surface area contributed by atoms with Gasteiger partial charge in [-0.25, -0.2) is 17.8 Å². The highest BCUT2D eigenvalue weighted by atomic mass is 32.2. The molecule has 1 unspecified atom stereocenters. The van der Waals surface area contributed by atoms with Gasteiger partial charge in [0, 0.05) is 19.3 Å². The van der Waals surface area contributed by atoms with Gasteiger partial charge >= 0.3 is 0 Å². The molecule has 2 aromatic carbocycles. The predicted molar refractivity (Wildman–Crippen MR) is 142 cm³/mol. The molecule has 10 heteroatoms. The molecule has 1 amide bonds. The molecule has 0 saturated carbocycles. The number of thiazole rings is 1. The van der Waals surface area contributed by atoms with Crippen LogP contribution in [0.1, 0.15) is 31.0 Å². The number of sulfonamides is 1. The second kappa shape index (κ2) is 10.6. The lowest BCUT2D eigenvalue weighted by atomic mass is 9.98. The van der Waals surface area contributed by atoms with Crippen molar-refractivity contribution in [2.24, 2.45) is 5.92 Å². The summed E-state index contributed by atoms with van der Waals surface area (Å²) in [6, 6.07) is 16.4. The van der Waals surface area contributed by atoms with Crippen LogP contribution in [0.3, 0.4) is 0 Å². The van der Waals surface area contributed by atoms with E-state index < -0.39 is 21.8 Å². The third-order valence-corrected chi connectivity index (χ3v) is 9.50. The molecule has 37 heavy (non-hydrogen) atoms. The van der Waals surface area contributed by atoms with E-state index in [1.165, 1.54) is 33.3 Å². The Bertz CT molecular complexity index is 1510. The summed E-state index contributed by atoms with van der Waals surface area (Å²) in [5, 5.41) is 0.567. The number of halogens is 1. The van der Waals surface area contributed by atoms with Gasteiger partial charge in [-0.3, -0.25) is 14.7 Å². The topological polar surface area (TPSA) is 83.5 Å². The summed E-state index contributed by atoms with van der Waals surface area (Å²) in [7, 11) is -3.85. The number of fused-ring (bicyclic) bond motifs is 1.